The van der Waals surface area contributed by atoms with Crippen molar-refractivity contribution in [3.63, 3.8) is 0 Å². The maximum atomic E-state index is 11.9. The smallest absolute Gasteiger partial charge is 0.330 e. The number of anilines is 1. The lowest BCUT2D eigenvalue weighted by Crippen LogP contribution is -2.44. The summed E-state index contributed by atoms with van der Waals surface area (Å²) in [5, 5.41) is 11.3. The van der Waals surface area contributed by atoms with Crippen LogP contribution in [0.1, 0.15) is 10.4 Å². The molecule has 1 aromatic rings. The van der Waals surface area contributed by atoms with Crippen LogP contribution in [-0.2, 0) is 19.6 Å². The molecule has 21 heavy (non-hydrogen) atoms. The van der Waals surface area contributed by atoms with Crippen LogP contribution < -0.4 is 10.0 Å². The fourth-order valence-corrected chi connectivity index (χ4v) is 2.03. The number of rotatable bonds is 6. The molecule has 9 heteroatoms. The van der Waals surface area contributed by atoms with Gasteiger partial charge in [-0.3, -0.25) is 9.52 Å². The van der Waals surface area contributed by atoms with E-state index in [1.165, 1.54) is 24.3 Å². The summed E-state index contributed by atoms with van der Waals surface area (Å²) in [7, 11) is -2.25. The van der Waals surface area contributed by atoms with E-state index in [-0.39, 0.29) is 5.56 Å². The molecule has 0 bridgehead atoms. The fraction of sp³-hybridized carbons (Fsp3) is 0.333. The molecule has 1 rings (SSSR count). The minimum Gasteiger partial charge on any atom is -0.467 e. The van der Waals surface area contributed by atoms with Crippen LogP contribution >= 0.6 is 0 Å². The van der Waals surface area contributed by atoms with Crippen LogP contribution in [0.15, 0.2) is 24.3 Å². The minimum absolute atomic E-state index is 0.205. The molecule has 0 aromatic heterocycles. The number of carbonyl (C=O) groups excluding carboxylic acids is 2. The molecule has 0 radical (unpaired) electrons. The van der Waals surface area contributed by atoms with Crippen molar-refractivity contribution in [1.29, 1.82) is 0 Å². The second-order valence-electron chi connectivity index (χ2n) is 4.18. The highest BCUT2D eigenvalue weighted by Gasteiger charge is 2.21. The van der Waals surface area contributed by atoms with Gasteiger partial charge in [0.25, 0.3) is 5.91 Å². The monoisotopic (exact) mass is 316 g/mol. The molecule has 3 N–H and O–H groups in total. The van der Waals surface area contributed by atoms with Gasteiger partial charge in [-0.15, -0.1) is 0 Å². The number of methoxy groups -OCH3 is 1. The van der Waals surface area contributed by atoms with E-state index in [1.807, 2.05) is 0 Å². The van der Waals surface area contributed by atoms with Gasteiger partial charge in [0.1, 0.15) is 0 Å². The second-order valence-corrected chi connectivity index (χ2v) is 5.93. The van der Waals surface area contributed by atoms with Gasteiger partial charge in [-0.05, 0) is 24.3 Å². The minimum atomic E-state index is -3.39. The number of carbonyl (C=O) groups is 2. The van der Waals surface area contributed by atoms with E-state index in [4.69, 9.17) is 5.11 Å². The summed E-state index contributed by atoms with van der Waals surface area (Å²) < 4.78 is 28.8. The van der Waals surface area contributed by atoms with Crippen LogP contribution in [0.5, 0.6) is 0 Å². The van der Waals surface area contributed by atoms with Crippen LogP contribution in [0.3, 0.4) is 0 Å². The van der Waals surface area contributed by atoms with E-state index < -0.39 is 34.5 Å². The summed E-state index contributed by atoms with van der Waals surface area (Å²) in [5.74, 6) is -1.36. The van der Waals surface area contributed by atoms with E-state index in [0.29, 0.717) is 5.69 Å². The van der Waals surface area contributed by atoms with Crippen molar-refractivity contribution in [2.75, 3.05) is 24.7 Å². The first-order valence-electron chi connectivity index (χ1n) is 5.84. The Morgan fingerprint density at radius 3 is 2.29 bits per heavy atom. The molecule has 0 aliphatic carbocycles. The topological polar surface area (TPSA) is 122 Å². The summed E-state index contributed by atoms with van der Waals surface area (Å²) in [6.07, 6.45) is 1.01. The zero-order valence-corrected chi connectivity index (χ0v) is 12.3. The quantitative estimate of drug-likeness (QED) is 0.598. The van der Waals surface area contributed by atoms with Crippen LogP contribution in [0.4, 0.5) is 5.69 Å². The highest BCUT2D eigenvalue weighted by atomic mass is 32.2. The fourth-order valence-electron chi connectivity index (χ4n) is 1.47. The molecular weight excluding hydrogens is 300 g/mol. The first kappa shape index (κ1) is 16.9. The van der Waals surface area contributed by atoms with Gasteiger partial charge in [-0.1, -0.05) is 0 Å². The second kappa shape index (κ2) is 7.04. The van der Waals surface area contributed by atoms with Crippen molar-refractivity contribution >= 4 is 27.6 Å². The SMILES string of the molecule is COC(=O)C(CO)NC(=O)c1ccc(NS(C)(=O)=O)cc1. The molecule has 1 aromatic carbocycles. The molecule has 0 saturated carbocycles. The lowest BCUT2D eigenvalue weighted by atomic mass is 10.2. The number of amides is 1. The van der Waals surface area contributed by atoms with Gasteiger partial charge in [0.15, 0.2) is 6.04 Å². The lowest BCUT2D eigenvalue weighted by molar-refractivity contribution is -0.143. The van der Waals surface area contributed by atoms with Crippen molar-refractivity contribution in [1.82, 2.24) is 5.32 Å². The van der Waals surface area contributed by atoms with E-state index >= 15 is 0 Å². The molecule has 0 heterocycles. The molecule has 0 aliphatic rings. The first-order valence-corrected chi connectivity index (χ1v) is 7.73. The largest absolute Gasteiger partial charge is 0.467 e. The number of aliphatic hydroxyl groups is 1. The van der Waals surface area contributed by atoms with E-state index in [2.05, 4.69) is 14.8 Å². The van der Waals surface area contributed by atoms with Crippen molar-refractivity contribution in [3.05, 3.63) is 29.8 Å². The molecular formula is C12H16N2O6S. The molecule has 1 amide bonds. The number of esters is 1. The third-order valence-electron chi connectivity index (χ3n) is 2.42. The van der Waals surface area contributed by atoms with Gasteiger partial charge in [0.2, 0.25) is 10.0 Å². The van der Waals surface area contributed by atoms with Crippen molar-refractivity contribution in [2.45, 2.75) is 6.04 Å². The predicted molar refractivity (Wildman–Crippen MR) is 75.3 cm³/mol. The van der Waals surface area contributed by atoms with Crippen LogP contribution in [0.25, 0.3) is 0 Å². The first-order chi connectivity index (χ1) is 9.76. The van der Waals surface area contributed by atoms with Crippen molar-refractivity contribution in [3.8, 4) is 0 Å². The number of benzene rings is 1. The van der Waals surface area contributed by atoms with Gasteiger partial charge in [0, 0.05) is 11.3 Å². The Kier molecular flexibility index (Phi) is 5.68. The normalized spacial score (nSPS) is 12.3. The highest BCUT2D eigenvalue weighted by molar-refractivity contribution is 7.92. The van der Waals surface area contributed by atoms with E-state index in [9.17, 15) is 18.0 Å². The molecule has 0 fully saturated rings. The van der Waals surface area contributed by atoms with Crippen LogP contribution in [-0.4, -0.2) is 51.4 Å². The van der Waals surface area contributed by atoms with Gasteiger partial charge < -0.3 is 15.2 Å². The standard InChI is InChI=1S/C12H16N2O6S/c1-20-12(17)10(7-15)13-11(16)8-3-5-9(6-4-8)14-21(2,18)19/h3-6,10,14-15H,7H2,1-2H3,(H,13,16). The predicted octanol–water partition coefficient (Wildman–Crippen LogP) is -0.678. The Balaban J connectivity index is 2.77. The van der Waals surface area contributed by atoms with Gasteiger partial charge in [0.05, 0.1) is 20.0 Å². The van der Waals surface area contributed by atoms with Gasteiger partial charge >= 0.3 is 5.97 Å². The number of hydrogen-bond donors (Lipinski definition) is 3. The summed E-state index contributed by atoms with van der Waals surface area (Å²) >= 11 is 0. The number of aliphatic hydroxyl groups excluding tert-OH is 1. The van der Waals surface area contributed by atoms with Crippen LogP contribution in [0.2, 0.25) is 0 Å². The maximum absolute atomic E-state index is 11.9. The molecule has 1 atom stereocenters. The van der Waals surface area contributed by atoms with Crippen molar-refractivity contribution in [2.24, 2.45) is 0 Å². The Morgan fingerprint density at radius 2 is 1.86 bits per heavy atom. The zero-order valence-electron chi connectivity index (χ0n) is 11.5. The summed E-state index contributed by atoms with van der Waals surface area (Å²) in [4.78, 5) is 23.1. The van der Waals surface area contributed by atoms with E-state index in [1.54, 1.807) is 0 Å². The summed E-state index contributed by atoms with van der Waals surface area (Å²) in [6, 6.07) is 4.42. The molecule has 8 nitrogen and oxygen atoms in total. The summed E-state index contributed by atoms with van der Waals surface area (Å²) in [6.45, 7) is -0.591. The average molecular weight is 316 g/mol. The molecule has 116 valence electrons. The lowest BCUT2D eigenvalue weighted by Gasteiger charge is -2.14. The number of ether oxygens (including phenoxy) is 1. The number of hydrogen-bond acceptors (Lipinski definition) is 6. The zero-order chi connectivity index (χ0) is 16.0. The average Bonchev–Trinajstić information content (AvgIpc) is 2.42. The number of nitrogens with one attached hydrogen (secondary N) is 2. The molecule has 0 saturated heterocycles. The Labute approximate surface area is 122 Å². The van der Waals surface area contributed by atoms with Crippen LogP contribution in [0, 0.1) is 0 Å². The van der Waals surface area contributed by atoms with Crippen molar-refractivity contribution < 1.29 is 27.9 Å². The molecule has 0 aliphatic heterocycles. The Morgan fingerprint density at radius 1 is 1.29 bits per heavy atom. The molecule has 0 spiro atoms. The third kappa shape index (κ3) is 5.40. The summed E-state index contributed by atoms with van der Waals surface area (Å²) in [5.41, 5.74) is 0.511. The van der Waals surface area contributed by atoms with E-state index in [0.717, 1.165) is 13.4 Å². The van der Waals surface area contributed by atoms with Gasteiger partial charge in [-0.2, -0.15) is 0 Å². The highest BCUT2D eigenvalue weighted by Crippen LogP contribution is 2.11. The maximum Gasteiger partial charge on any atom is 0.330 e. The number of sulfonamides is 1. The Hall–Kier alpha value is -2.13. The Bertz CT molecular complexity index is 611. The third-order valence-corrected chi connectivity index (χ3v) is 3.03. The molecule has 1 unspecified atom stereocenters. The van der Waals surface area contributed by atoms with Gasteiger partial charge in [-0.25, -0.2) is 13.2 Å².